The van der Waals surface area contributed by atoms with Crippen molar-refractivity contribution < 1.29 is 9.53 Å². The second kappa shape index (κ2) is 6.75. The molecule has 2 N–H and O–H groups in total. The number of hydrogen-bond acceptors (Lipinski definition) is 6. The second-order valence-electron chi connectivity index (χ2n) is 3.83. The normalized spacial score (nSPS) is 10.0. The lowest BCUT2D eigenvalue weighted by Gasteiger charge is -2.13. The van der Waals surface area contributed by atoms with Crippen LogP contribution in [0, 0.1) is 0 Å². The van der Waals surface area contributed by atoms with Crippen molar-refractivity contribution in [2.45, 2.75) is 0 Å². The predicted octanol–water partition coefficient (Wildman–Crippen LogP) is -0.0395. The first kappa shape index (κ1) is 14.2. The predicted molar refractivity (Wildman–Crippen MR) is 70.1 cm³/mol. The van der Waals surface area contributed by atoms with Gasteiger partial charge in [-0.15, -0.1) is 0 Å². The summed E-state index contributed by atoms with van der Waals surface area (Å²) in [5.74, 6) is 0.843. The van der Waals surface area contributed by atoms with Gasteiger partial charge in [0.2, 0.25) is 5.95 Å². The minimum absolute atomic E-state index is 0.240. The van der Waals surface area contributed by atoms with E-state index in [1.54, 1.807) is 25.1 Å². The molecule has 0 aliphatic rings. The van der Waals surface area contributed by atoms with Gasteiger partial charge in [-0.2, -0.15) is 4.98 Å². The molecule has 0 fully saturated rings. The zero-order chi connectivity index (χ0) is 13.5. The minimum Gasteiger partial charge on any atom is -0.383 e. The average molecular weight is 253 g/mol. The first-order valence-electron chi connectivity index (χ1n) is 5.59. The van der Waals surface area contributed by atoms with E-state index in [1.165, 1.54) is 0 Å². The summed E-state index contributed by atoms with van der Waals surface area (Å²) in [5, 5.41) is 5.62. The maximum absolute atomic E-state index is 11.6. The summed E-state index contributed by atoms with van der Waals surface area (Å²) in [6, 6.07) is 1.61. The van der Waals surface area contributed by atoms with E-state index in [2.05, 4.69) is 20.6 Å². The van der Waals surface area contributed by atoms with Gasteiger partial charge in [-0.25, -0.2) is 4.98 Å². The number of anilines is 2. The molecule has 7 nitrogen and oxygen atoms in total. The number of nitrogens with one attached hydrogen (secondary N) is 2. The van der Waals surface area contributed by atoms with E-state index in [-0.39, 0.29) is 5.91 Å². The Balaban J connectivity index is 2.95. The molecular weight excluding hydrogens is 234 g/mol. The summed E-state index contributed by atoms with van der Waals surface area (Å²) >= 11 is 0. The fraction of sp³-hybridized carbons (Fsp3) is 0.545. The van der Waals surface area contributed by atoms with E-state index in [9.17, 15) is 4.79 Å². The van der Waals surface area contributed by atoms with Gasteiger partial charge in [0.05, 0.1) is 6.61 Å². The molecule has 1 rings (SSSR count). The van der Waals surface area contributed by atoms with E-state index >= 15 is 0 Å². The van der Waals surface area contributed by atoms with E-state index in [0.29, 0.717) is 30.6 Å². The fourth-order valence-electron chi connectivity index (χ4n) is 1.25. The Morgan fingerprint density at radius 2 is 2.17 bits per heavy atom. The van der Waals surface area contributed by atoms with Gasteiger partial charge in [-0.3, -0.25) is 4.79 Å². The van der Waals surface area contributed by atoms with Crippen LogP contribution in [0.3, 0.4) is 0 Å². The first-order valence-corrected chi connectivity index (χ1v) is 5.59. The zero-order valence-corrected chi connectivity index (χ0v) is 11.1. The number of ether oxygens (including phenoxy) is 1. The summed E-state index contributed by atoms with van der Waals surface area (Å²) in [6.45, 7) is 1.18. The Hall–Kier alpha value is -1.89. The van der Waals surface area contributed by atoms with Crippen LogP contribution in [-0.2, 0) is 4.74 Å². The molecule has 0 aliphatic heterocycles. The third kappa shape index (κ3) is 3.85. The largest absolute Gasteiger partial charge is 0.383 e. The molecule has 0 aromatic carbocycles. The van der Waals surface area contributed by atoms with Crippen molar-refractivity contribution in [2.75, 3.05) is 51.6 Å². The standard InChI is InChI=1S/C11H19N5O2/c1-12-10(17)8-7-9(13-5-6-18-4)15-11(14-8)16(2)3/h7H,5-6H2,1-4H3,(H,12,17)(H,13,14,15). The highest BCUT2D eigenvalue weighted by Gasteiger charge is 2.11. The molecule has 0 radical (unpaired) electrons. The lowest BCUT2D eigenvalue weighted by molar-refractivity contribution is 0.0958. The molecule has 1 heterocycles. The van der Waals surface area contributed by atoms with Crippen LogP contribution in [0.1, 0.15) is 10.5 Å². The number of carbonyl (C=O) groups excluding carboxylic acids is 1. The van der Waals surface area contributed by atoms with Crippen molar-refractivity contribution in [1.29, 1.82) is 0 Å². The molecule has 0 aliphatic carbocycles. The van der Waals surface area contributed by atoms with Gasteiger partial charge in [-0.05, 0) is 0 Å². The topological polar surface area (TPSA) is 79.4 Å². The van der Waals surface area contributed by atoms with E-state index < -0.39 is 0 Å². The quantitative estimate of drug-likeness (QED) is 0.693. The SMILES string of the molecule is CNC(=O)c1cc(NCCOC)nc(N(C)C)n1. The van der Waals surface area contributed by atoms with Crippen LogP contribution in [0.15, 0.2) is 6.07 Å². The molecule has 1 aromatic rings. The molecule has 1 aromatic heterocycles. The number of amides is 1. The first-order chi connectivity index (χ1) is 8.58. The number of hydrogen-bond donors (Lipinski definition) is 2. The summed E-state index contributed by atoms with van der Waals surface area (Å²) in [6.07, 6.45) is 0. The third-order valence-electron chi connectivity index (χ3n) is 2.19. The molecule has 18 heavy (non-hydrogen) atoms. The molecule has 0 spiro atoms. The summed E-state index contributed by atoms with van der Waals surface area (Å²) in [5.41, 5.74) is 0.330. The number of aromatic nitrogens is 2. The molecule has 7 heteroatoms. The molecule has 0 bridgehead atoms. The maximum atomic E-state index is 11.6. The smallest absolute Gasteiger partial charge is 0.269 e. The van der Waals surface area contributed by atoms with E-state index in [1.807, 2.05) is 14.1 Å². The van der Waals surface area contributed by atoms with Gasteiger partial charge in [0.25, 0.3) is 5.91 Å². The van der Waals surface area contributed by atoms with Crippen molar-refractivity contribution in [1.82, 2.24) is 15.3 Å². The van der Waals surface area contributed by atoms with Crippen LogP contribution in [0.25, 0.3) is 0 Å². The monoisotopic (exact) mass is 253 g/mol. The number of carbonyl (C=O) groups is 1. The van der Waals surface area contributed by atoms with E-state index in [0.717, 1.165) is 0 Å². The number of nitrogens with zero attached hydrogens (tertiary/aromatic N) is 3. The Labute approximate surface area is 107 Å². The fourth-order valence-corrected chi connectivity index (χ4v) is 1.25. The van der Waals surface area contributed by atoms with Crippen molar-refractivity contribution in [2.24, 2.45) is 0 Å². The van der Waals surface area contributed by atoms with Crippen LogP contribution >= 0.6 is 0 Å². The van der Waals surface area contributed by atoms with Gasteiger partial charge in [0.1, 0.15) is 11.5 Å². The average Bonchev–Trinajstić information content (AvgIpc) is 2.37. The molecule has 0 atom stereocenters. The molecule has 100 valence electrons. The highest BCUT2D eigenvalue weighted by Crippen LogP contribution is 2.12. The van der Waals surface area contributed by atoms with Gasteiger partial charge >= 0.3 is 0 Å². The van der Waals surface area contributed by atoms with Crippen LogP contribution in [0.5, 0.6) is 0 Å². The zero-order valence-electron chi connectivity index (χ0n) is 11.1. The number of methoxy groups -OCH3 is 1. The Kier molecular flexibility index (Phi) is 5.31. The Morgan fingerprint density at radius 1 is 1.44 bits per heavy atom. The summed E-state index contributed by atoms with van der Waals surface area (Å²) < 4.78 is 4.94. The summed E-state index contributed by atoms with van der Waals surface area (Å²) in [4.78, 5) is 21.8. The molecule has 1 amide bonds. The maximum Gasteiger partial charge on any atom is 0.269 e. The van der Waals surface area contributed by atoms with E-state index in [4.69, 9.17) is 4.74 Å². The lowest BCUT2D eigenvalue weighted by Crippen LogP contribution is -2.23. The second-order valence-corrected chi connectivity index (χ2v) is 3.83. The summed E-state index contributed by atoms with van der Waals surface area (Å²) in [7, 11) is 6.84. The van der Waals surface area contributed by atoms with Crippen molar-refractivity contribution in [3.8, 4) is 0 Å². The van der Waals surface area contributed by atoms with Crippen molar-refractivity contribution >= 4 is 17.7 Å². The minimum atomic E-state index is -0.240. The van der Waals surface area contributed by atoms with Crippen molar-refractivity contribution in [3.63, 3.8) is 0 Å². The van der Waals surface area contributed by atoms with Gasteiger partial charge in [0, 0.05) is 40.9 Å². The Morgan fingerprint density at radius 3 is 2.72 bits per heavy atom. The Bertz CT molecular complexity index is 408. The highest BCUT2D eigenvalue weighted by molar-refractivity contribution is 5.93. The van der Waals surface area contributed by atoms with Crippen LogP contribution in [-0.4, -0.2) is 57.3 Å². The molecule has 0 unspecified atom stereocenters. The van der Waals surface area contributed by atoms with Crippen molar-refractivity contribution in [3.05, 3.63) is 11.8 Å². The van der Waals surface area contributed by atoms with Crippen LogP contribution < -0.4 is 15.5 Å². The van der Waals surface area contributed by atoms with Crippen LogP contribution in [0.4, 0.5) is 11.8 Å². The van der Waals surface area contributed by atoms with Gasteiger partial charge in [0.15, 0.2) is 0 Å². The molecule has 0 saturated carbocycles. The van der Waals surface area contributed by atoms with Crippen LogP contribution in [0.2, 0.25) is 0 Å². The third-order valence-corrected chi connectivity index (χ3v) is 2.19. The lowest BCUT2D eigenvalue weighted by atomic mass is 10.3. The molecular formula is C11H19N5O2. The molecule has 0 saturated heterocycles. The highest BCUT2D eigenvalue weighted by atomic mass is 16.5. The number of rotatable bonds is 6. The van der Waals surface area contributed by atoms with Gasteiger partial charge < -0.3 is 20.3 Å². The van der Waals surface area contributed by atoms with Gasteiger partial charge in [-0.1, -0.05) is 0 Å².